The Morgan fingerprint density at radius 3 is 2.03 bits per heavy atom. The Morgan fingerprint density at radius 1 is 1.03 bits per heavy atom. The smallest absolute Gasteiger partial charge is 0.330 e. The number of imide groups is 1. The van der Waals surface area contributed by atoms with E-state index in [9.17, 15) is 19.2 Å². The van der Waals surface area contributed by atoms with Gasteiger partial charge >= 0.3 is 5.97 Å². The predicted molar refractivity (Wildman–Crippen MR) is 106 cm³/mol. The molecule has 1 aromatic carbocycles. The molecular formula is C22H28N2O5. The van der Waals surface area contributed by atoms with Crippen LogP contribution < -0.4 is 0 Å². The Bertz CT molecular complexity index is 789. The van der Waals surface area contributed by atoms with Gasteiger partial charge in [0.15, 0.2) is 6.61 Å². The van der Waals surface area contributed by atoms with Crippen molar-refractivity contribution < 1.29 is 23.9 Å². The molecule has 0 aromatic heterocycles. The van der Waals surface area contributed by atoms with Crippen LogP contribution in [0.1, 0.15) is 54.8 Å². The van der Waals surface area contributed by atoms with Gasteiger partial charge in [-0.15, -0.1) is 0 Å². The number of likely N-dealkylation sites (tertiary alicyclic amines) is 1. The molecule has 0 radical (unpaired) electrons. The van der Waals surface area contributed by atoms with E-state index in [1.165, 1.54) is 0 Å². The predicted octanol–water partition coefficient (Wildman–Crippen LogP) is 2.35. The van der Waals surface area contributed by atoms with Crippen molar-refractivity contribution in [2.45, 2.75) is 40.2 Å². The van der Waals surface area contributed by atoms with Gasteiger partial charge in [-0.05, 0) is 36.3 Å². The van der Waals surface area contributed by atoms with Crippen molar-refractivity contribution in [1.29, 1.82) is 0 Å². The van der Waals surface area contributed by atoms with Crippen LogP contribution in [0, 0.1) is 17.8 Å². The van der Waals surface area contributed by atoms with Crippen molar-refractivity contribution in [3.63, 3.8) is 0 Å². The first-order valence-electron chi connectivity index (χ1n) is 10.1. The zero-order valence-corrected chi connectivity index (χ0v) is 17.4. The largest absolute Gasteiger partial charge is 0.454 e. The van der Waals surface area contributed by atoms with E-state index < -0.39 is 23.8 Å². The summed E-state index contributed by atoms with van der Waals surface area (Å²) < 4.78 is 5.28. The Balaban J connectivity index is 1.69. The summed E-state index contributed by atoms with van der Waals surface area (Å²) in [7, 11) is 0. The van der Waals surface area contributed by atoms with E-state index in [2.05, 4.69) is 13.8 Å². The average Bonchev–Trinajstić information content (AvgIpc) is 2.91. The second-order valence-electron chi connectivity index (χ2n) is 8.57. The molecule has 1 aromatic rings. The van der Waals surface area contributed by atoms with Gasteiger partial charge in [-0.1, -0.05) is 39.8 Å². The molecule has 29 heavy (non-hydrogen) atoms. The lowest BCUT2D eigenvalue weighted by atomic mass is 9.92. The minimum absolute atomic E-state index is 0.249. The number of benzene rings is 1. The highest BCUT2D eigenvalue weighted by molar-refractivity contribution is 6.22. The Labute approximate surface area is 171 Å². The third kappa shape index (κ3) is 4.18. The van der Waals surface area contributed by atoms with Crippen LogP contribution >= 0.6 is 0 Å². The third-order valence-electron chi connectivity index (χ3n) is 5.54. The highest BCUT2D eigenvalue weighted by Crippen LogP contribution is 2.28. The first-order chi connectivity index (χ1) is 13.7. The molecule has 3 amide bonds. The molecule has 0 N–H and O–H groups in total. The molecule has 0 saturated carbocycles. The van der Waals surface area contributed by atoms with Gasteiger partial charge in [0.05, 0.1) is 11.1 Å². The summed E-state index contributed by atoms with van der Waals surface area (Å²) in [6, 6.07) is 5.42. The fourth-order valence-electron chi connectivity index (χ4n) is 4.31. The minimum Gasteiger partial charge on any atom is -0.454 e. The molecule has 0 bridgehead atoms. The number of rotatable bonds is 5. The van der Waals surface area contributed by atoms with Gasteiger partial charge in [0.1, 0.15) is 6.04 Å². The van der Waals surface area contributed by atoms with Crippen molar-refractivity contribution in [2.75, 3.05) is 19.7 Å². The monoisotopic (exact) mass is 400 g/mol. The van der Waals surface area contributed by atoms with E-state index in [0.29, 0.717) is 24.9 Å². The Hall–Kier alpha value is -2.70. The number of nitrogens with zero attached hydrogens (tertiary/aromatic N) is 2. The fraction of sp³-hybridized carbons (Fsp3) is 0.545. The molecule has 1 fully saturated rings. The molecule has 2 aliphatic heterocycles. The summed E-state index contributed by atoms with van der Waals surface area (Å²) in [5.41, 5.74) is 0.562. The van der Waals surface area contributed by atoms with E-state index in [-0.39, 0.29) is 29.6 Å². The number of esters is 1. The van der Waals surface area contributed by atoms with Crippen LogP contribution in [-0.4, -0.2) is 59.2 Å². The zero-order chi connectivity index (χ0) is 21.3. The van der Waals surface area contributed by atoms with Gasteiger partial charge in [0, 0.05) is 13.1 Å². The standard InChI is InChI=1S/C22H28N2O5/c1-13(2)19(24-20(26)16-7-5-6-8-17(16)21(24)27)22(28)29-12-18(25)23-10-14(3)9-15(4)11-23/h5-8,13-15,19H,9-12H2,1-4H3/t14-,15+,19-/m1/s1. The molecule has 7 nitrogen and oxygen atoms in total. The Kier molecular flexibility index (Phi) is 6.05. The maximum atomic E-state index is 12.8. The molecule has 2 heterocycles. The second-order valence-corrected chi connectivity index (χ2v) is 8.57. The number of amides is 3. The zero-order valence-electron chi connectivity index (χ0n) is 17.4. The van der Waals surface area contributed by atoms with Gasteiger partial charge in [-0.25, -0.2) is 4.79 Å². The van der Waals surface area contributed by atoms with Crippen LogP contribution in [0.5, 0.6) is 0 Å². The van der Waals surface area contributed by atoms with E-state index >= 15 is 0 Å². The van der Waals surface area contributed by atoms with E-state index in [0.717, 1.165) is 11.3 Å². The van der Waals surface area contributed by atoms with Gasteiger partial charge < -0.3 is 9.64 Å². The van der Waals surface area contributed by atoms with Gasteiger partial charge in [0.25, 0.3) is 17.7 Å². The number of carbonyl (C=O) groups is 4. The van der Waals surface area contributed by atoms with Crippen molar-refractivity contribution in [3.8, 4) is 0 Å². The number of hydrogen-bond donors (Lipinski definition) is 0. The Morgan fingerprint density at radius 2 is 1.55 bits per heavy atom. The molecule has 0 aliphatic carbocycles. The first-order valence-corrected chi connectivity index (χ1v) is 10.1. The van der Waals surface area contributed by atoms with Crippen LogP contribution in [0.4, 0.5) is 0 Å². The number of ether oxygens (including phenoxy) is 1. The van der Waals surface area contributed by atoms with Gasteiger partial charge in [-0.2, -0.15) is 0 Å². The fourth-order valence-corrected chi connectivity index (χ4v) is 4.31. The quantitative estimate of drug-likeness (QED) is 0.560. The lowest BCUT2D eigenvalue weighted by molar-refractivity contribution is -0.157. The maximum Gasteiger partial charge on any atom is 0.330 e. The second kappa shape index (κ2) is 8.35. The summed E-state index contributed by atoms with van der Waals surface area (Å²) in [6.07, 6.45) is 1.07. The normalized spacial score (nSPS) is 22.7. The molecule has 2 aliphatic rings. The minimum atomic E-state index is -1.07. The van der Waals surface area contributed by atoms with Crippen molar-refractivity contribution in [3.05, 3.63) is 35.4 Å². The first kappa shape index (κ1) is 21.0. The van der Waals surface area contributed by atoms with Crippen molar-refractivity contribution in [1.82, 2.24) is 9.80 Å². The molecule has 0 unspecified atom stereocenters. The summed E-state index contributed by atoms with van der Waals surface area (Å²) in [5, 5.41) is 0. The van der Waals surface area contributed by atoms with E-state index in [1.807, 2.05) is 0 Å². The van der Waals surface area contributed by atoms with Crippen LogP contribution in [-0.2, 0) is 14.3 Å². The molecule has 156 valence electrons. The van der Waals surface area contributed by atoms with Crippen LogP contribution in [0.3, 0.4) is 0 Å². The van der Waals surface area contributed by atoms with Gasteiger partial charge in [-0.3, -0.25) is 19.3 Å². The van der Waals surface area contributed by atoms with Crippen LogP contribution in [0.25, 0.3) is 0 Å². The third-order valence-corrected chi connectivity index (χ3v) is 5.54. The van der Waals surface area contributed by atoms with Crippen LogP contribution in [0.15, 0.2) is 24.3 Å². The van der Waals surface area contributed by atoms with Gasteiger partial charge in [0.2, 0.25) is 0 Å². The maximum absolute atomic E-state index is 12.8. The highest BCUT2D eigenvalue weighted by Gasteiger charge is 2.44. The lowest BCUT2D eigenvalue weighted by Gasteiger charge is -2.35. The van der Waals surface area contributed by atoms with Crippen LogP contribution in [0.2, 0.25) is 0 Å². The highest BCUT2D eigenvalue weighted by atomic mass is 16.5. The summed E-state index contributed by atoms with van der Waals surface area (Å²) in [4.78, 5) is 53.5. The average molecular weight is 400 g/mol. The summed E-state index contributed by atoms with van der Waals surface area (Å²) >= 11 is 0. The molecule has 1 saturated heterocycles. The van der Waals surface area contributed by atoms with Crippen molar-refractivity contribution in [2.24, 2.45) is 17.8 Å². The number of hydrogen-bond acceptors (Lipinski definition) is 5. The van der Waals surface area contributed by atoms with Crippen molar-refractivity contribution >= 4 is 23.7 Å². The molecule has 7 heteroatoms. The number of fused-ring (bicyclic) bond motifs is 1. The molecule has 3 atom stereocenters. The summed E-state index contributed by atoms with van der Waals surface area (Å²) in [5.74, 6) is -1.55. The molecule has 0 spiro atoms. The SMILES string of the molecule is CC(C)[C@H](C(=O)OCC(=O)N1C[C@H](C)C[C@H](C)C1)N1C(=O)c2ccccc2C1=O. The summed E-state index contributed by atoms with van der Waals surface area (Å²) in [6.45, 7) is 8.58. The molecule has 3 rings (SSSR count). The number of carbonyl (C=O) groups excluding carboxylic acids is 4. The number of piperidine rings is 1. The molecular weight excluding hydrogens is 372 g/mol. The van der Waals surface area contributed by atoms with E-state index in [1.54, 1.807) is 43.0 Å². The lowest BCUT2D eigenvalue weighted by Crippen LogP contribution is -2.50. The van der Waals surface area contributed by atoms with E-state index in [4.69, 9.17) is 4.74 Å². The topological polar surface area (TPSA) is 84.0 Å².